The Morgan fingerprint density at radius 3 is 2.24 bits per heavy atom. The fourth-order valence-electron chi connectivity index (χ4n) is 2.49. The van der Waals surface area contributed by atoms with E-state index in [-0.39, 0.29) is 5.60 Å². The molecule has 0 saturated heterocycles. The van der Waals surface area contributed by atoms with Gasteiger partial charge in [0.15, 0.2) is 0 Å². The molecule has 1 aromatic rings. The largest absolute Gasteiger partial charge is 0.389 e. The second-order valence-electron chi connectivity index (χ2n) is 5.81. The van der Waals surface area contributed by atoms with Crippen LogP contribution in [-0.4, -0.2) is 23.4 Å². The van der Waals surface area contributed by atoms with Gasteiger partial charge in [0.25, 0.3) is 0 Å². The standard InChI is InChI=1S/C15H22O2/c1-14(2,17-3)8-9-15(16)10-12-6-4-5-7-13(12)11-15/h4-7,16H,8-11H2,1-3H3. The molecule has 1 N–H and O–H groups in total. The summed E-state index contributed by atoms with van der Waals surface area (Å²) < 4.78 is 5.41. The maximum absolute atomic E-state index is 10.6. The van der Waals surface area contributed by atoms with E-state index in [0.29, 0.717) is 0 Å². The van der Waals surface area contributed by atoms with E-state index in [2.05, 4.69) is 26.0 Å². The number of ether oxygens (including phenoxy) is 1. The Balaban J connectivity index is 2.00. The summed E-state index contributed by atoms with van der Waals surface area (Å²) in [5.74, 6) is 0. The Morgan fingerprint density at radius 2 is 1.76 bits per heavy atom. The van der Waals surface area contributed by atoms with Crippen LogP contribution in [-0.2, 0) is 17.6 Å². The first-order chi connectivity index (χ1) is 7.94. The molecule has 2 heteroatoms. The molecule has 2 nitrogen and oxygen atoms in total. The topological polar surface area (TPSA) is 29.5 Å². The van der Waals surface area contributed by atoms with Crippen molar-refractivity contribution in [3.8, 4) is 0 Å². The zero-order valence-corrected chi connectivity index (χ0v) is 11.0. The molecule has 0 radical (unpaired) electrons. The SMILES string of the molecule is COC(C)(C)CCC1(O)Cc2ccccc2C1. The van der Waals surface area contributed by atoms with E-state index < -0.39 is 5.60 Å². The van der Waals surface area contributed by atoms with Crippen LogP contribution in [0.4, 0.5) is 0 Å². The highest BCUT2D eigenvalue weighted by Crippen LogP contribution is 2.34. The van der Waals surface area contributed by atoms with Crippen LogP contribution in [0.5, 0.6) is 0 Å². The van der Waals surface area contributed by atoms with Gasteiger partial charge in [-0.15, -0.1) is 0 Å². The number of benzene rings is 1. The Kier molecular flexibility index (Phi) is 3.28. The molecule has 17 heavy (non-hydrogen) atoms. The van der Waals surface area contributed by atoms with Crippen molar-refractivity contribution in [2.24, 2.45) is 0 Å². The van der Waals surface area contributed by atoms with Gasteiger partial charge in [0.2, 0.25) is 0 Å². The van der Waals surface area contributed by atoms with E-state index in [1.54, 1.807) is 7.11 Å². The molecule has 1 aliphatic carbocycles. The maximum Gasteiger partial charge on any atom is 0.0729 e. The molecule has 0 aliphatic heterocycles. The van der Waals surface area contributed by atoms with Crippen LogP contribution in [0, 0.1) is 0 Å². The Hall–Kier alpha value is -0.860. The van der Waals surface area contributed by atoms with Crippen LogP contribution >= 0.6 is 0 Å². The van der Waals surface area contributed by atoms with E-state index in [9.17, 15) is 5.11 Å². The number of aliphatic hydroxyl groups is 1. The summed E-state index contributed by atoms with van der Waals surface area (Å²) in [5.41, 5.74) is 1.87. The highest BCUT2D eigenvalue weighted by molar-refractivity contribution is 5.35. The van der Waals surface area contributed by atoms with Gasteiger partial charge in [-0.25, -0.2) is 0 Å². The van der Waals surface area contributed by atoms with Crippen molar-refractivity contribution < 1.29 is 9.84 Å². The van der Waals surface area contributed by atoms with Gasteiger partial charge in [-0.1, -0.05) is 24.3 Å². The monoisotopic (exact) mass is 234 g/mol. The molecule has 1 aliphatic rings. The molecule has 0 bridgehead atoms. The van der Waals surface area contributed by atoms with Crippen LogP contribution in [0.2, 0.25) is 0 Å². The molecule has 0 unspecified atom stereocenters. The zero-order chi connectivity index (χ0) is 12.5. The summed E-state index contributed by atoms with van der Waals surface area (Å²) in [6.07, 6.45) is 3.24. The lowest BCUT2D eigenvalue weighted by Crippen LogP contribution is -2.33. The lowest BCUT2D eigenvalue weighted by Gasteiger charge is -2.29. The minimum atomic E-state index is -0.570. The Morgan fingerprint density at radius 1 is 1.24 bits per heavy atom. The maximum atomic E-state index is 10.6. The second-order valence-corrected chi connectivity index (χ2v) is 5.81. The normalized spacial score (nSPS) is 18.1. The summed E-state index contributed by atoms with van der Waals surface area (Å²) in [5, 5.41) is 10.6. The Bertz CT molecular complexity index is 371. The number of rotatable bonds is 4. The molecule has 0 spiro atoms. The molecule has 0 amide bonds. The quantitative estimate of drug-likeness (QED) is 0.868. The molecule has 94 valence electrons. The van der Waals surface area contributed by atoms with E-state index >= 15 is 0 Å². The van der Waals surface area contributed by atoms with E-state index in [1.807, 2.05) is 12.1 Å². The first kappa shape index (κ1) is 12.6. The van der Waals surface area contributed by atoms with Crippen LogP contribution in [0.1, 0.15) is 37.8 Å². The highest BCUT2D eigenvalue weighted by Gasteiger charge is 2.36. The number of fused-ring (bicyclic) bond motifs is 1. The fraction of sp³-hybridized carbons (Fsp3) is 0.600. The third-order valence-electron chi connectivity index (χ3n) is 3.90. The van der Waals surface area contributed by atoms with E-state index in [0.717, 1.165) is 25.7 Å². The molecular weight excluding hydrogens is 212 g/mol. The molecule has 0 fully saturated rings. The number of hydrogen-bond donors (Lipinski definition) is 1. The first-order valence-electron chi connectivity index (χ1n) is 6.28. The second kappa shape index (κ2) is 4.43. The minimum Gasteiger partial charge on any atom is -0.389 e. The summed E-state index contributed by atoms with van der Waals surface area (Å²) in [7, 11) is 1.73. The summed E-state index contributed by atoms with van der Waals surface area (Å²) in [6.45, 7) is 4.14. The van der Waals surface area contributed by atoms with Crippen molar-refractivity contribution >= 4 is 0 Å². The van der Waals surface area contributed by atoms with Gasteiger partial charge in [0, 0.05) is 20.0 Å². The van der Waals surface area contributed by atoms with Crippen molar-refractivity contribution in [3.63, 3.8) is 0 Å². The number of methoxy groups -OCH3 is 1. The number of hydrogen-bond acceptors (Lipinski definition) is 2. The lowest BCUT2D eigenvalue weighted by atomic mass is 9.89. The van der Waals surface area contributed by atoms with Crippen LogP contribution in [0.25, 0.3) is 0 Å². The molecule has 0 aromatic heterocycles. The van der Waals surface area contributed by atoms with Crippen LogP contribution in [0.3, 0.4) is 0 Å². The molecule has 0 heterocycles. The van der Waals surface area contributed by atoms with Gasteiger partial charge in [-0.05, 0) is 37.8 Å². The van der Waals surface area contributed by atoms with Gasteiger partial charge >= 0.3 is 0 Å². The summed E-state index contributed by atoms with van der Waals surface area (Å²) in [4.78, 5) is 0. The molecule has 2 rings (SSSR count). The van der Waals surface area contributed by atoms with Crippen molar-refractivity contribution in [1.82, 2.24) is 0 Å². The predicted molar refractivity (Wildman–Crippen MR) is 69.1 cm³/mol. The van der Waals surface area contributed by atoms with Crippen LogP contribution in [0.15, 0.2) is 24.3 Å². The van der Waals surface area contributed by atoms with Gasteiger partial charge in [0.05, 0.1) is 11.2 Å². The Labute approximate surface area is 104 Å². The van der Waals surface area contributed by atoms with Crippen molar-refractivity contribution in [2.75, 3.05) is 7.11 Å². The molecule has 0 atom stereocenters. The van der Waals surface area contributed by atoms with Crippen molar-refractivity contribution in [2.45, 2.75) is 50.7 Å². The summed E-state index contributed by atoms with van der Waals surface area (Å²) in [6, 6.07) is 8.33. The van der Waals surface area contributed by atoms with Gasteiger partial charge in [0.1, 0.15) is 0 Å². The predicted octanol–water partition coefficient (Wildman–Crippen LogP) is 2.72. The highest BCUT2D eigenvalue weighted by atomic mass is 16.5. The smallest absolute Gasteiger partial charge is 0.0729 e. The van der Waals surface area contributed by atoms with Gasteiger partial charge < -0.3 is 9.84 Å². The third kappa shape index (κ3) is 2.88. The summed E-state index contributed by atoms with van der Waals surface area (Å²) >= 11 is 0. The van der Waals surface area contributed by atoms with Crippen molar-refractivity contribution in [1.29, 1.82) is 0 Å². The molecule has 0 saturated carbocycles. The third-order valence-corrected chi connectivity index (χ3v) is 3.90. The molecule has 1 aromatic carbocycles. The van der Waals surface area contributed by atoms with Crippen LogP contribution < -0.4 is 0 Å². The minimum absolute atomic E-state index is 0.148. The first-order valence-corrected chi connectivity index (χ1v) is 6.28. The average molecular weight is 234 g/mol. The fourth-order valence-corrected chi connectivity index (χ4v) is 2.49. The van der Waals surface area contributed by atoms with Gasteiger partial charge in [-0.3, -0.25) is 0 Å². The van der Waals surface area contributed by atoms with E-state index in [4.69, 9.17) is 4.74 Å². The van der Waals surface area contributed by atoms with Crippen molar-refractivity contribution in [3.05, 3.63) is 35.4 Å². The lowest BCUT2D eigenvalue weighted by molar-refractivity contribution is -0.0221. The zero-order valence-electron chi connectivity index (χ0n) is 11.0. The molecular formula is C15H22O2. The van der Waals surface area contributed by atoms with E-state index in [1.165, 1.54) is 11.1 Å². The average Bonchev–Trinajstić information content (AvgIpc) is 2.64. The van der Waals surface area contributed by atoms with Gasteiger partial charge in [-0.2, -0.15) is 0 Å².